The predicted molar refractivity (Wildman–Crippen MR) is 262 cm³/mol. The number of rotatable bonds is 23. The summed E-state index contributed by atoms with van der Waals surface area (Å²) in [5.41, 5.74) is 22.8. The van der Waals surface area contributed by atoms with Gasteiger partial charge in [0.25, 0.3) is 0 Å². The minimum Gasteiger partial charge on any atom is -0.492 e. The lowest BCUT2D eigenvalue weighted by molar-refractivity contribution is -0.142. The molecule has 15 heteroatoms. The lowest BCUT2D eigenvalue weighted by Crippen LogP contribution is -2.46. The van der Waals surface area contributed by atoms with Crippen LogP contribution in [0.1, 0.15) is 117 Å². The van der Waals surface area contributed by atoms with Gasteiger partial charge in [0, 0.05) is 80.5 Å². The molecule has 4 bridgehead atoms. The number of nitrogens with one attached hydrogen (secondary N) is 1. The highest BCUT2D eigenvalue weighted by Gasteiger charge is 2.36. The Morgan fingerprint density at radius 2 is 1.57 bits per heavy atom. The van der Waals surface area contributed by atoms with E-state index in [0.717, 1.165) is 18.4 Å². The lowest BCUT2D eigenvalue weighted by Gasteiger charge is -2.32. The van der Waals surface area contributed by atoms with Crippen LogP contribution in [0.5, 0.6) is 11.5 Å². The average Bonchev–Trinajstić information content (AvgIpc) is 3.33. The van der Waals surface area contributed by atoms with Crippen LogP contribution in [0.25, 0.3) is 22.5 Å². The SMILES string of the molecule is CCCCCCCc1ccc(-c2ncc(C(=O)C[C@@H](CCN)C(=O)N(C)[C@@H]3C(=O)C[C@@H](C)C(=O)N[C@H](C(=O)CCC#N)Cc4ccc(OCCN)c(c4)-c4cc3ccc4OCCN)c(C)n2)cc1. The molecule has 2 amide bonds. The highest BCUT2D eigenvalue weighted by Crippen LogP contribution is 2.41. The first-order valence-electron chi connectivity index (χ1n) is 23.9. The van der Waals surface area contributed by atoms with Crippen molar-refractivity contribution >= 4 is 29.2 Å². The van der Waals surface area contributed by atoms with Gasteiger partial charge in [0.05, 0.1) is 23.4 Å². The van der Waals surface area contributed by atoms with E-state index in [0.29, 0.717) is 45.3 Å². The third kappa shape index (κ3) is 14.1. The number of Topliss-reactive ketones (excluding diaryl/α,β-unsaturated/α-hetero) is 3. The quantitative estimate of drug-likeness (QED) is 0.0456. The first kappa shape index (κ1) is 52.6. The summed E-state index contributed by atoms with van der Waals surface area (Å²) in [5, 5.41) is 12.1. The summed E-state index contributed by atoms with van der Waals surface area (Å²) in [5.74, 6) is -2.66. The van der Waals surface area contributed by atoms with E-state index in [2.05, 4.69) is 34.3 Å². The molecule has 0 saturated carbocycles. The Hall–Kier alpha value is -6.34. The van der Waals surface area contributed by atoms with Gasteiger partial charge < -0.3 is 36.9 Å². The molecule has 5 rings (SSSR count). The van der Waals surface area contributed by atoms with Gasteiger partial charge >= 0.3 is 0 Å². The maximum atomic E-state index is 14.8. The maximum absolute atomic E-state index is 14.8. The van der Waals surface area contributed by atoms with Crippen molar-refractivity contribution in [2.24, 2.45) is 29.0 Å². The van der Waals surface area contributed by atoms with Crippen molar-refractivity contribution in [3.05, 3.63) is 94.8 Å². The summed E-state index contributed by atoms with van der Waals surface area (Å²) in [7, 11) is 1.51. The minimum absolute atomic E-state index is 0.0300. The lowest BCUT2D eigenvalue weighted by atomic mass is 9.88. The Labute approximate surface area is 400 Å². The van der Waals surface area contributed by atoms with Gasteiger partial charge in [0.2, 0.25) is 11.8 Å². The van der Waals surface area contributed by atoms with Gasteiger partial charge in [-0.3, -0.25) is 24.0 Å². The Morgan fingerprint density at radius 3 is 2.22 bits per heavy atom. The molecule has 4 atom stereocenters. The van der Waals surface area contributed by atoms with Crippen LogP contribution in [-0.2, 0) is 32.0 Å². The number of fused-ring (bicyclic) bond motifs is 5. The van der Waals surface area contributed by atoms with Gasteiger partial charge in [0.15, 0.2) is 23.2 Å². The molecule has 1 aromatic heterocycles. The second-order valence-electron chi connectivity index (χ2n) is 17.6. The number of ketones is 3. The third-order valence-electron chi connectivity index (χ3n) is 12.4. The van der Waals surface area contributed by atoms with E-state index in [4.69, 9.17) is 26.7 Å². The fourth-order valence-corrected chi connectivity index (χ4v) is 8.61. The molecule has 68 heavy (non-hydrogen) atoms. The molecule has 2 heterocycles. The first-order chi connectivity index (χ1) is 32.8. The number of carbonyl (C=O) groups is 5. The number of aromatic nitrogens is 2. The summed E-state index contributed by atoms with van der Waals surface area (Å²) >= 11 is 0. The van der Waals surface area contributed by atoms with Crippen LogP contribution >= 0.6 is 0 Å². The van der Waals surface area contributed by atoms with Crippen LogP contribution in [0.4, 0.5) is 0 Å². The number of amides is 2. The zero-order valence-corrected chi connectivity index (χ0v) is 40.1. The molecular weight excluding hydrogens is 861 g/mol. The van der Waals surface area contributed by atoms with Crippen LogP contribution in [-0.4, -0.2) is 90.0 Å². The van der Waals surface area contributed by atoms with E-state index in [1.54, 1.807) is 44.2 Å². The predicted octanol–water partition coefficient (Wildman–Crippen LogP) is 6.55. The first-order valence-corrected chi connectivity index (χ1v) is 23.9. The van der Waals surface area contributed by atoms with E-state index < -0.39 is 41.5 Å². The van der Waals surface area contributed by atoms with E-state index in [1.807, 2.05) is 24.3 Å². The number of ether oxygens (including phenoxy) is 2. The number of nitrogens with zero attached hydrogens (tertiary/aromatic N) is 4. The van der Waals surface area contributed by atoms with E-state index in [9.17, 15) is 29.2 Å². The number of hydrogen-bond donors (Lipinski definition) is 4. The second kappa shape index (κ2) is 26.3. The van der Waals surface area contributed by atoms with Crippen LogP contribution in [0.15, 0.2) is 66.9 Å². The molecule has 0 aliphatic carbocycles. The molecule has 1 aliphatic rings. The van der Waals surface area contributed by atoms with Gasteiger partial charge in [0.1, 0.15) is 30.8 Å². The van der Waals surface area contributed by atoms with Crippen LogP contribution in [0.3, 0.4) is 0 Å². The molecule has 15 nitrogen and oxygen atoms in total. The number of carbonyl (C=O) groups excluding carboxylic acids is 5. The molecule has 1 aliphatic heterocycles. The number of nitrogens with two attached hydrogens (primary N) is 3. The maximum Gasteiger partial charge on any atom is 0.226 e. The smallest absolute Gasteiger partial charge is 0.226 e. The fraction of sp³-hybridized carbons (Fsp3) is 0.472. The van der Waals surface area contributed by atoms with Crippen LogP contribution in [0.2, 0.25) is 0 Å². The molecule has 7 N–H and O–H groups in total. The Bertz CT molecular complexity index is 2420. The monoisotopic (exact) mass is 929 g/mol. The average molecular weight is 929 g/mol. The van der Waals surface area contributed by atoms with Gasteiger partial charge in [-0.05, 0) is 80.1 Å². The van der Waals surface area contributed by atoms with E-state index in [-0.39, 0.29) is 88.5 Å². The Morgan fingerprint density at radius 1 is 0.897 bits per heavy atom. The summed E-state index contributed by atoms with van der Waals surface area (Å²) < 4.78 is 12.3. The van der Waals surface area contributed by atoms with Crippen molar-refractivity contribution in [2.45, 2.75) is 110 Å². The molecule has 0 unspecified atom stereocenters. The molecule has 4 aromatic rings. The van der Waals surface area contributed by atoms with E-state index in [1.165, 1.54) is 49.4 Å². The topological polar surface area (TPSA) is 247 Å². The molecule has 0 saturated heterocycles. The molecular formula is C53H68N8O7. The van der Waals surface area contributed by atoms with Gasteiger partial charge in [-0.1, -0.05) is 75.9 Å². The summed E-state index contributed by atoms with van der Waals surface area (Å²) in [6.45, 7) is 6.40. The van der Waals surface area contributed by atoms with Crippen molar-refractivity contribution in [1.82, 2.24) is 20.2 Å². The standard InChI is InChI=1S/C53H68N8O7/c1-5-6-7-8-9-11-36-13-16-38(17-14-36)51-58-33-43(35(3)59-51)46(63)32-40(21-23-55)53(66)61(4)50-39-18-20-49(68-27-25-57)42(31-39)41-29-37(15-19-48(41)67-26-24-56)30-44(45(62)12-10-22-54)60-52(65)34(2)28-47(50)64/h13-20,29,31,33-34,40,44,50H,5-12,21,23-28,30,32,55-57H2,1-4H3,(H,60,65)/t34-,40-,44+,50+/m1/s1. The largest absolute Gasteiger partial charge is 0.492 e. The van der Waals surface area contributed by atoms with Crippen molar-refractivity contribution in [2.75, 3.05) is 39.9 Å². The molecule has 362 valence electrons. The van der Waals surface area contributed by atoms with Crippen molar-refractivity contribution in [1.29, 1.82) is 5.26 Å². The summed E-state index contributed by atoms with van der Waals surface area (Å²) in [6.07, 6.45) is 8.19. The Balaban J connectivity index is 1.49. The second-order valence-corrected chi connectivity index (χ2v) is 17.6. The van der Waals surface area contributed by atoms with Crippen LogP contribution < -0.4 is 32.0 Å². The third-order valence-corrected chi connectivity index (χ3v) is 12.4. The number of aryl methyl sites for hydroxylation is 2. The normalized spacial score (nSPS) is 16.5. The summed E-state index contributed by atoms with van der Waals surface area (Å²) in [4.78, 5) is 81.5. The van der Waals surface area contributed by atoms with Gasteiger partial charge in [-0.15, -0.1) is 0 Å². The van der Waals surface area contributed by atoms with Crippen LogP contribution in [0, 0.1) is 30.1 Å². The van der Waals surface area contributed by atoms with Gasteiger partial charge in [-0.25, -0.2) is 9.97 Å². The minimum atomic E-state index is -1.24. The molecule has 3 aromatic carbocycles. The van der Waals surface area contributed by atoms with E-state index >= 15 is 0 Å². The van der Waals surface area contributed by atoms with Gasteiger partial charge in [-0.2, -0.15) is 5.26 Å². The number of nitriles is 1. The zero-order chi connectivity index (χ0) is 49.2. The highest BCUT2D eigenvalue weighted by molar-refractivity contribution is 6.00. The zero-order valence-electron chi connectivity index (χ0n) is 40.1. The summed E-state index contributed by atoms with van der Waals surface area (Å²) in [6, 6.07) is 18.4. The molecule has 0 spiro atoms. The fourth-order valence-electron chi connectivity index (χ4n) is 8.61. The molecule has 0 radical (unpaired) electrons. The number of unbranched alkanes of at least 4 members (excludes halogenated alkanes) is 4. The Kier molecular flexibility index (Phi) is 20.3. The highest BCUT2D eigenvalue weighted by atomic mass is 16.5. The number of likely N-dealkylation sites (N-methyl/N-ethyl adjacent to an activating group) is 1. The number of hydrogen-bond acceptors (Lipinski definition) is 13. The van der Waals surface area contributed by atoms with Crippen molar-refractivity contribution < 1.29 is 33.4 Å². The number of benzene rings is 3. The van der Waals surface area contributed by atoms with Crippen molar-refractivity contribution in [3.8, 4) is 40.1 Å². The molecule has 0 fully saturated rings. The van der Waals surface area contributed by atoms with Crippen molar-refractivity contribution in [3.63, 3.8) is 0 Å².